The summed E-state index contributed by atoms with van der Waals surface area (Å²) in [4.78, 5) is 14.5. The number of halogens is 2. The van der Waals surface area contributed by atoms with Gasteiger partial charge < -0.3 is 9.64 Å². The van der Waals surface area contributed by atoms with Crippen molar-refractivity contribution in [3.8, 4) is 0 Å². The van der Waals surface area contributed by atoms with Crippen LogP contribution in [0.5, 0.6) is 0 Å². The van der Waals surface area contributed by atoms with Gasteiger partial charge in [-0.3, -0.25) is 0 Å². The van der Waals surface area contributed by atoms with Crippen LogP contribution in [-0.2, 0) is 14.4 Å². The molecule has 0 spiro atoms. The summed E-state index contributed by atoms with van der Waals surface area (Å²) < 4.78 is 6.05. The van der Waals surface area contributed by atoms with Crippen molar-refractivity contribution < 1.29 is 9.53 Å². The van der Waals surface area contributed by atoms with Crippen LogP contribution in [0.2, 0.25) is 0 Å². The van der Waals surface area contributed by atoms with Gasteiger partial charge in [-0.05, 0) is 43.9 Å². The summed E-state index contributed by atoms with van der Waals surface area (Å²) in [6, 6.07) is 20.1. The van der Waals surface area contributed by atoms with E-state index in [1.54, 1.807) is 0 Å². The lowest BCUT2D eigenvalue weighted by molar-refractivity contribution is -0.157. The molecule has 4 rings (SSSR count). The summed E-state index contributed by atoms with van der Waals surface area (Å²) in [5.41, 5.74) is 1.49. The maximum atomic E-state index is 13.4. The number of carbonyl (C=O) groups is 1. The van der Waals surface area contributed by atoms with Gasteiger partial charge in [0.25, 0.3) is 0 Å². The smallest absolute Gasteiger partial charge is 0.336 e. The molecule has 0 aromatic heterocycles. The minimum Gasteiger partial charge on any atom is -0.460 e. The van der Waals surface area contributed by atoms with Crippen LogP contribution in [0.1, 0.15) is 43.2 Å². The molecule has 0 radical (unpaired) electrons. The van der Waals surface area contributed by atoms with Crippen molar-refractivity contribution in [3.63, 3.8) is 0 Å². The average Bonchev–Trinajstić information content (AvgIpc) is 2.69. The van der Waals surface area contributed by atoms with Crippen molar-refractivity contribution in [3.05, 3.63) is 71.8 Å². The first kappa shape index (κ1) is 21.2. The van der Waals surface area contributed by atoms with Crippen molar-refractivity contribution in [1.29, 1.82) is 0 Å². The number of ether oxygens (including phenoxy) is 1. The Morgan fingerprint density at radius 2 is 1.43 bits per heavy atom. The van der Waals surface area contributed by atoms with Crippen molar-refractivity contribution in [2.24, 2.45) is 0 Å². The first-order valence-corrected chi connectivity index (χ1v) is 10.2. The van der Waals surface area contributed by atoms with Gasteiger partial charge in [0, 0.05) is 12.1 Å². The van der Waals surface area contributed by atoms with Crippen LogP contribution in [0.4, 0.5) is 0 Å². The molecule has 2 fully saturated rings. The standard InChI is InChI=1S/C23H26ClNO2.ClH/c1-25-19-13-8-14-20(25)16-21(15-19)27-22(26)23(24,17-9-4-2-5-10-17)18-11-6-3-7-12-18;/h2-7,9-12,19-21H,8,13-16H2,1H3;1H. The highest BCUT2D eigenvalue weighted by atomic mass is 35.5. The number of benzene rings is 2. The minimum atomic E-state index is -1.32. The van der Waals surface area contributed by atoms with E-state index in [-0.39, 0.29) is 24.5 Å². The lowest BCUT2D eigenvalue weighted by Gasteiger charge is -2.46. The van der Waals surface area contributed by atoms with Crippen LogP contribution in [0.3, 0.4) is 0 Å². The highest BCUT2D eigenvalue weighted by molar-refractivity contribution is 6.36. The first-order chi connectivity index (χ1) is 13.1. The molecular formula is C23H27Cl2NO2. The Kier molecular flexibility index (Phi) is 6.69. The van der Waals surface area contributed by atoms with Crippen LogP contribution >= 0.6 is 24.0 Å². The zero-order valence-corrected chi connectivity index (χ0v) is 17.7. The van der Waals surface area contributed by atoms with E-state index < -0.39 is 4.87 Å². The number of rotatable bonds is 4. The maximum Gasteiger partial charge on any atom is 0.336 e. The highest BCUT2D eigenvalue weighted by Gasteiger charge is 2.45. The number of hydrogen-bond donors (Lipinski definition) is 0. The minimum absolute atomic E-state index is 0. The van der Waals surface area contributed by atoms with E-state index in [0.717, 1.165) is 24.0 Å². The third-order valence-corrected chi connectivity index (χ3v) is 6.79. The monoisotopic (exact) mass is 419 g/mol. The Morgan fingerprint density at radius 3 is 1.89 bits per heavy atom. The maximum absolute atomic E-state index is 13.4. The first-order valence-electron chi connectivity index (χ1n) is 9.82. The molecule has 2 atom stereocenters. The SMILES string of the molecule is CN1C2CCCC1CC(OC(=O)C(Cl)(c1ccccc1)c1ccccc1)C2.Cl. The van der Waals surface area contributed by atoms with E-state index in [1.807, 2.05) is 60.7 Å². The molecule has 2 saturated heterocycles. The molecule has 2 aliphatic rings. The van der Waals surface area contributed by atoms with Gasteiger partial charge in [0.05, 0.1) is 0 Å². The third kappa shape index (κ3) is 3.94. The van der Waals surface area contributed by atoms with Gasteiger partial charge in [0.2, 0.25) is 0 Å². The Hall–Kier alpha value is -1.55. The summed E-state index contributed by atoms with van der Waals surface area (Å²) in [6.07, 6.45) is 5.38. The largest absolute Gasteiger partial charge is 0.460 e. The summed E-state index contributed by atoms with van der Waals surface area (Å²) in [7, 11) is 2.20. The molecule has 0 amide bonds. The van der Waals surface area contributed by atoms with Crippen molar-refractivity contribution in [1.82, 2.24) is 4.90 Å². The second-order valence-electron chi connectivity index (χ2n) is 7.79. The second kappa shape index (κ2) is 8.86. The van der Waals surface area contributed by atoms with E-state index in [1.165, 1.54) is 19.3 Å². The molecule has 2 aromatic rings. The molecule has 2 bridgehead atoms. The van der Waals surface area contributed by atoms with Gasteiger partial charge in [-0.25, -0.2) is 4.79 Å². The Labute approximate surface area is 178 Å². The van der Waals surface area contributed by atoms with Crippen LogP contribution in [-0.4, -0.2) is 36.1 Å². The molecule has 28 heavy (non-hydrogen) atoms. The van der Waals surface area contributed by atoms with Crippen LogP contribution in [0.25, 0.3) is 0 Å². The van der Waals surface area contributed by atoms with E-state index in [4.69, 9.17) is 16.3 Å². The second-order valence-corrected chi connectivity index (χ2v) is 8.36. The van der Waals surface area contributed by atoms with Crippen LogP contribution < -0.4 is 0 Å². The number of alkyl halides is 1. The fourth-order valence-electron chi connectivity index (χ4n) is 4.63. The molecule has 2 heterocycles. The predicted molar refractivity (Wildman–Crippen MR) is 115 cm³/mol. The Morgan fingerprint density at radius 1 is 0.964 bits per heavy atom. The van der Waals surface area contributed by atoms with Crippen LogP contribution in [0, 0.1) is 0 Å². The number of fused-ring (bicyclic) bond motifs is 2. The number of carbonyl (C=O) groups excluding carboxylic acids is 1. The number of piperidine rings is 2. The van der Waals surface area contributed by atoms with Gasteiger partial charge in [-0.2, -0.15) is 0 Å². The Bertz CT molecular complexity index is 730. The Balaban J connectivity index is 0.00000225. The predicted octanol–water partition coefficient (Wildman–Crippen LogP) is 5.15. The van der Waals surface area contributed by atoms with Gasteiger partial charge in [0.15, 0.2) is 4.87 Å². The lowest BCUT2D eigenvalue weighted by atomic mass is 9.83. The van der Waals surface area contributed by atoms with Gasteiger partial charge in [0.1, 0.15) is 6.10 Å². The zero-order valence-electron chi connectivity index (χ0n) is 16.1. The third-order valence-electron chi connectivity index (χ3n) is 6.19. The summed E-state index contributed by atoms with van der Waals surface area (Å²) in [5, 5.41) is 0. The van der Waals surface area contributed by atoms with Crippen molar-refractivity contribution in [2.45, 2.75) is 55.2 Å². The van der Waals surface area contributed by atoms with Crippen molar-refractivity contribution in [2.75, 3.05) is 7.05 Å². The molecule has 0 N–H and O–H groups in total. The normalized spacial score (nSPS) is 24.9. The number of esters is 1. The van der Waals surface area contributed by atoms with Crippen molar-refractivity contribution >= 4 is 30.0 Å². The molecule has 5 heteroatoms. The number of nitrogens with zero attached hydrogens (tertiary/aromatic N) is 1. The summed E-state index contributed by atoms with van der Waals surface area (Å²) in [5.74, 6) is -0.366. The average molecular weight is 420 g/mol. The van der Waals surface area contributed by atoms with E-state index in [0.29, 0.717) is 12.1 Å². The molecule has 0 aliphatic carbocycles. The summed E-state index contributed by atoms with van der Waals surface area (Å²) in [6.45, 7) is 0. The highest BCUT2D eigenvalue weighted by Crippen LogP contribution is 2.40. The summed E-state index contributed by atoms with van der Waals surface area (Å²) >= 11 is 7.02. The zero-order chi connectivity index (χ0) is 18.9. The molecule has 2 aliphatic heterocycles. The fraction of sp³-hybridized carbons (Fsp3) is 0.435. The van der Waals surface area contributed by atoms with E-state index in [9.17, 15) is 4.79 Å². The molecular weight excluding hydrogens is 393 g/mol. The topological polar surface area (TPSA) is 29.5 Å². The lowest BCUT2D eigenvalue weighted by Crippen LogP contribution is -2.52. The number of hydrogen-bond acceptors (Lipinski definition) is 3. The van der Waals surface area contributed by atoms with Crippen LogP contribution in [0.15, 0.2) is 60.7 Å². The van der Waals surface area contributed by atoms with Gasteiger partial charge in [-0.15, -0.1) is 12.4 Å². The van der Waals surface area contributed by atoms with E-state index >= 15 is 0 Å². The van der Waals surface area contributed by atoms with Gasteiger partial charge in [-0.1, -0.05) is 78.7 Å². The molecule has 2 unspecified atom stereocenters. The quantitative estimate of drug-likeness (QED) is 0.506. The molecule has 3 nitrogen and oxygen atoms in total. The molecule has 2 aromatic carbocycles. The molecule has 0 saturated carbocycles. The molecule has 150 valence electrons. The van der Waals surface area contributed by atoms with Gasteiger partial charge >= 0.3 is 5.97 Å². The fourth-order valence-corrected chi connectivity index (χ4v) is 4.93. The van der Waals surface area contributed by atoms with E-state index in [2.05, 4.69) is 11.9 Å².